The van der Waals surface area contributed by atoms with Crippen molar-refractivity contribution in [3.63, 3.8) is 0 Å². The Morgan fingerprint density at radius 2 is 1.61 bits per heavy atom. The van der Waals surface area contributed by atoms with Crippen LogP contribution in [-0.2, 0) is 9.68 Å². The smallest absolute Gasteiger partial charge is 0.220 e. The van der Waals surface area contributed by atoms with Crippen molar-refractivity contribution in [2.24, 2.45) is 0 Å². The topological polar surface area (TPSA) is 58.6 Å². The SMILES string of the molecule is CCCC(CCC)(CCC)NC(=O)CCCOO. The van der Waals surface area contributed by atoms with Gasteiger partial charge in [0, 0.05) is 12.0 Å². The van der Waals surface area contributed by atoms with Gasteiger partial charge in [0.25, 0.3) is 0 Å². The molecule has 0 aliphatic carbocycles. The fraction of sp³-hybridized carbons (Fsp3) is 0.929. The van der Waals surface area contributed by atoms with E-state index in [0.29, 0.717) is 12.8 Å². The predicted molar refractivity (Wildman–Crippen MR) is 73.4 cm³/mol. The lowest BCUT2D eigenvalue weighted by Crippen LogP contribution is -2.48. The van der Waals surface area contributed by atoms with E-state index in [1.165, 1.54) is 0 Å². The molecule has 0 bridgehead atoms. The van der Waals surface area contributed by atoms with E-state index < -0.39 is 0 Å². The molecule has 0 rings (SSSR count). The monoisotopic (exact) mass is 259 g/mol. The molecule has 0 aromatic rings. The first-order chi connectivity index (χ1) is 8.64. The van der Waals surface area contributed by atoms with Gasteiger partial charge in [0.05, 0.1) is 6.61 Å². The first-order valence-electron chi connectivity index (χ1n) is 7.21. The Kier molecular flexibility index (Phi) is 9.98. The average molecular weight is 259 g/mol. The molecule has 18 heavy (non-hydrogen) atoms. The third-order valence-electron chi connectivity index (χ3n) is 3.23. The van der Waals surface area contributed by atoms with Gasteiger partial charge in [-0.1, -0.05) is 40.0 Å². The molecule has 0 aliphatic rings. The van der Waals surface area contributed by atoms with E-state index in [9.17, 15) is 4.79 Å². The van der Waals surface area contributed by atoms with E-state index in [0.717, 1.165) is 38.5 Å². The fourth-order valence-corrected chi connectivity index (χ4v) is 2.65. The minimum atomic E-state index is -0.0323. The highest BCUT2D eigenvalue weighted by Crippen LogP contribution is 2.25. The molecule has 0 saturated carbocycles. The molecule has 0 saturated heterocycles. The van der Waals surface area contributed by atoms with Crippen LogP contribution in [0.1, 0.15) is 72.1 Å². The summed E-state index contributed by atoms with van der Waals surface area (Å²) in [4.78, 5) is 15.9. The second-order valence-electron chi connectivity index (χ2n) is 5.02. The number of amides is 1. The number of hydrogen-bond acceptors (Lipinski definition) is 3. The fourth-order valence-electron chi connectivity index (χ4n) is 2.65. The number of rotatable bonds is 11. The van der Waals surface area contributed by atoms with Crippen LogP contribution in [0.3, 0.4) is 0 Å². The predicted octanol–water partition coefficient (Wildman–Crippen LogP) is 3.51. The summed E-state index contributed by atoms with van der Waals surface area (Å²) in [7, 11) is 0. The first-order valence-corrected chi connectivity index (χ1v) is 7.21. The standard InChI is InChI=1S/C14H29NO3/c1-4-9-14(10-5-2,11-6-3)15-13(16)8-7-12-18-17/h17H,4-12H2,1-3H3,(H,15,16). The Morgan fingerprint density at radius 3 is 2.00 bits per heavy atom. The number of carbonyl (C=O) groups is 1. The molecule has 1 amide bonds. The van der Waals surface area contributed by atoms with Crippen molar-refractivity contribution in [3.8, 4) is 0 Å². The highest BCUT2D eigenvalue weighted by Gasteiger charge is 2.28. The van der Waals surface area contributed by atoms with Gasteiger partial charge in [0.1, 0.15) is 0 Å². The highest BCUT2D eigenvalue weighted by molar-refractivity contribution is 5.76. The van der Waals surface area contributed by atoms with Crippen LogP contribution in [0.5, 0.6) is 0 Å². The molecular weight excluding hydrogens is 230 g/mol. The van der Waals surface area contributed by atoms with Crippen LogP contribution in [0, 0.1) is 0 Å². The van der Waals surface area contributed by atoms with Crippen molar-refractivity contribution in [1.82, 2.24) is 5.32 Å². The van der Waals surface area contributed by atoms with Crippen molar-refractivity contribution in [1.29, 1.82) is 0 Å². The molecule has 0 heterocycles. The Morgan fingerprint density at radius 1 is 1.11 bits per heavy atom. The van der Waals surface area contributed by atoms with Crippen LogP contribution in [0.2, 0.25) is 0 Å². The lowest BCUT2D eigenvalue weighted by Gasteiger charge is -2.35. The van der Waals surface area contributed by atoms with Crippen LogP contribution in [0.4, 0.5) is 0 Å². The number of nitrogens with one attached hydrogen (secondary N) is 1. The summed E-state index contributed by atoms with van der Waals surface area (Å²) in [5.74, 6) is 0.0717. The van der Waals surface area contributed by atoms with Gasteiger partial charge in [-0.2, -0.15) is 0 Å². The zero-order valence-electron chi connectivity index (χ0n) is 12.1. The van der Waals surface area contributed by atoms with Crippen molar-refractivity contribution in [2.45, 2.75) is 77.7 Å². The van der Waals surface area contributed by atoms with Crippen LogP contribution < -0.4 is 5.32 Å². The van der Waals surface area contributed by atoms with Gasteiger partial charge in [-0.05, 0) is 25.7 Å². The maximum atomic E-state index is 11.9. The average Bonchev–Trinajstić information content (AvgIpc) is 2.30. The largest absolute Gasteiger partial charge is 0.351 e. The Labute approximate surface area is 111 Å². The molecule has 0 fully saturated rings. The molecule has 0 radical (unpaired) electrons. The third-order valence-corrected chi connectivity index (χ3v) is 3.23. The van der Waals surface area contributed by atoms with E-state index in [-0.39, 0.29) is 18.1 Å². The van der Waals surface area contributed by atoms with Crippen LogP contribution in [0.15, 0.2) is 0 Å². The minimum absolute atomic E-state index is 0.0323. The van der Waals surface area contributed by atoms with Gasteiger partial charge in [-0.25, -0.2) is 4.89 Å². The minimum Gasteiger partial charge on any atom is -0.351 e. The molecule has 4 heteroatoms. The maximum Gasteiger partial charge on any atom is 0.220 e. The molecule has 0 aromatic carbocycles. The molecule has 0 spiro atoms. The normalized spacial score (nSPS) is 11.6. The van der Waals surface area contributed by atoms with E-state index in [2.05, 4.69) is 31.0 Å². The second-order valence-corrected chi connectivity index (χ2v) is 5.02. The summed E-state index contributed by atoms with van der Waals surface area (Å²) < 4.78 is 0. The van der Waals surface area contributed by atoms with Crippen LogP contribution >= 0.6 is 0 Å². The molecule has 0 unspecified atom stereocenters. The van der Waals surface area contributed by atoms with Gasteiger partial charge < -0.3 is 5.32 Å². The molecule has 0 atom stereocenters. The molecule has 0 aromatic heterocycles. The van der Waals surface area contributed by atoms with E-state index in [1.54, 1.807) is 0 Å². The van der Waals surface area contributed by atoms with Gasteiger partial charge in [0.2, 0.25) is 5.91 Å². The highest BCUT2D eigenvalue weighted by atomic mass is 17.1. The summed E-state index contributed by atoms with van der Waals surface area (Å²) in [6, 6.07) is 0. The van der Waals surface area contributed by atoms with Gasteiger partial charge in [0.15, 0.2) is 0 Å². The van der Waals surface area contributed by atoms with E-state index >= 15 is 0 Å². The summed E-state index contributed by atoms with van der Waals surface area (Å²) in [6.07, 6.45) is 7.34. The van der Waals surface area contributed by atoms with Gasteiger partial charge in [-0.15, -0.1) is 0 Å². The quantitative estimate of drug-likeness (QED) is 0.339. The molecule has 4 nitrogen and oxygen atoms in total. The lowest BCUT2D eigenvalue weighted by molar-refractivity contribution is -0.242. The van der Waals surface area contributed by atoms with Crippen molar-refractivity contribution < 1.29 is 14.9 Å². The van der Waals surface area contributed by atoms with Crippen molar-refractivity contribution in [2.75, 3.05) is 6.61 Å². The van der Waals surface area contributed by atoms with E-state index in [4.69, 9.17) is 5.26 Å². The lowest BCUT2D eigenvalue weighted by atomic mass is 9.84. The van der Waals surface area contributed by atoms with E-state index in [1.807, 2.05) is 0 Å². The Bertz CT molecular complexity index is 202. The van der Waals surface area contributed by atoms with Crippen molar-refractivity contribution >= 4 is 5.91 Å². The second kappa shape index (κ2) is 10.3. The van der Waals surface area contributed by atoms with Gasteiger partial charge >= 0.3 is 0 Å². The molecular formula is C14H29NO3. The summed E-state index contributed by atoms with van der Waals surface area (Å²) in [5.41, 5.74) is -0.0323. The van der Waals surface area contributed by atoms with Crippen LogP contribution in [0.25, 0.3) is 0 Å². The van der Waals surface area contributed by atoms with Crippen LogP contribution in [-0.4, -0.2) is 23.3 Å². The number of carbonyl (C=O) groups excluding carboxylic acids is 1. The molecule has 2 N–H and O–H groups in total. The van der Waals surface area contributed by atoms with Crippen molar-refractivity contribution in [3.05, 3.63) is 0 Å². The summed E-state index contributed by atoms with van der Waals surface area (Å²) in [5, 5.41) is 11.4. The Hall–Kier alpha value is -0.610. The zero-order valence-corrected chi connectivity index (χ0v) is 12.1. The summed E-state index contributed by atoms with van der Waals surface area (Å²) in [6.45, 7) is 6.69. The Balaban J connectivity index is 4.39. The first kappa shape index (κ1) is 17.4. The number of hydrogen-bond donors (Lipinski definition) is 2. The molecule has 0 aliphatic heterocycles. The molecule has 108 valence electrons. The summed E-state index contributed by atoms with van der Waals surface area (Å²) >= 11 is 0. The maximum absolute atomic E-state index is 11.9. The zero-order chi connectivity index (χ0) is 13.9. The van der Waals surface area contributed by atoms with Gasteiger partial charge in [-0.3, -0.25) is 10.1 Å². The third kappa shape index (κ3) is 6.97.